The Kier molecular flexibility index (Phi) is 4.33. The molecule has 0 aliphatic carbocycles. The molecule has 1 amide bonds. The molecular formula is C16H24N2O2. The highest BCUT2D eigenvalue weighted by Gasteiger charge is 2.38. The molecule has 4 heteroatoms. The fourth-order valence-electron chi connectivity index (χ4n) is 2.84. The maximum atomic E-state index is 12.8. The first-order valence-corrected chi connectivity index (χ1v) is 7.21. The number of nitrogens with one attached hydrogen (secondary N) is 1. The Morgan fingerprint density at radius 3 is 2.55 bits per heavy atom. The summed E-state index contributed by atoms with van der Waals surface area (Å²) in [4.78, 5) is 14.5. The number of phenols is 1. The molecule has 1 aromatic carbocycles. The lowest BCUT2D eigenvalue weighted by atomic mass is 9.79. The first-order chi connectivity index (χ1) is 9.46. The van der Waals surface area contributed by atoms with Crippen molar-refractivity contribution in [3.05, 3.63) is 29.8 Å². The van der Waals surface area contributed by atoms with Gasteiger partial charge in [0.1, 0.15) is 5.75 Å². The predicted molar refractivity (Wildman–Crippen MR) is 79.5 cm³/mol. The lowest BCUT2D eigenvalue weighted by Gasteiger charge is -2.38. The van der Waals surface area contributed by atoms with Crippen LogP contribution in [0.15, 0.2) is 24.3 Å². The second-order valence-electron chi connectivity index (χ2n) is 5.96. The first-order valence-electron chi connectivity index (χ1n) is 7.21. The van der Waals surface area contributed by atoms with E-state index in [-0.39, 0.29) is 23.1 Å². The van der Waals surface area contributed by atoms with Crippen LogP contribution in [-0.2, 0) is 4.79 Å². The van der Waals surface area contributed by atoms with Crippen LogP contribution in [0.2, 0.25) is 0 Å². The molecule has 1 unspecified atom stereocenters. The summed E-state index contributed by atoms with van der Waals surface area (Å²) in [6.45, 7) is 5.78. The average Bonchev–Trinajstić information content (AvgIpc) is 2.46. The molecule has 2 N–H and O–H groups in total. The van der Waals surface area contributed by atoms with Crippen molar-refractivity contribution in [2.75, 3.05) is 20.1 Å². The Bertz CT molecular complexity index is 481. The van der Waals surface area contributed by atoms with E-state index in [0.717, 1.165) is 31.5 Å². The number of amides is 1. The van der Waals surface area contributed by atoms with Crippen LogP contribution in [0.4, 0.5) is 0 Å². The van der Waals surface area contributed by atoms with Crippen molar-refractivity contribution >= 4 is 5.91 Å². The van der Waals surface area contributed by atoms with Gasteiger partial charge < -0.3 is 15.3 Å². The molecule has 1 aliphatic rings. The monoisotopic (exact) mass is 276 g/mol. The molecule has 0 saturated carbocycles. The van der Waals surface area contributed by atoms with Gasteiger partial charge in [0.15, 0.2) is 0 Å². The van der Waals surface area contributed by atoms with Gasteiger partial charge in [0.25, 0.3) is 0 Å². The summed E-state index contributed by atoms with van der Waals surface area (Å²) in [7, 11) is 1.83. The fraction of sp³-hybridized carbons (Fsp3) is 0.562. The van der Waals surface area contributed by atoms with Crippen LogP contribution in [0.1, 0.15) is 38.3 Å². The van der Waals surface area contributed by atoms with E-state index in [9.17, 15) is 9.90 Å². The van der Waals surface area contributed by atoms with E-state index in [4.69, 9.17) is 0 Å². The zero-order valence-electron chi connectivity index (χ0n) is 12.5. The summed E-state index contributed by atoms with van der Waals surface area (Å²) in [6.07, 6.45) is 1.73. The number of para-hydroxylation sites is 1. The average molecular weight is 276 g/mol. The van der Waals surface area contributed by atoms with E-state index in [0.29, 0.717) is 0 Å². The Hall–Kier alpha value is -1.55. The number of benzene rings is 1. The molecule has 1 atom stereocenters. The largest absolute Gasteiger partial charge is 0.508 e. The van der Waals surface area contributed by atoms with Gasteiger partial charge in [-0.3, -0.25) is 4.79 Å². The third-order valence-corrected chi connectivity index (χ3v) is 4.51. The Morgan fingerprint density at radius 2 is 1.95 bits per heavy atom. The van der Waals surface area contributed by atoms with E-state index < -0.39 is 0 Å². The third-order valence-electron chi connectivity index (χ3n) is 4.51. The Balaban J connectivity index is 2.16. The van der Waals surface area contributed by atoms with Crippen LogP contribution >= 0.6 is 0 Å². The number of piperidine rings is 1. The minimum absolute atomic E-state index is 0.129. The van der Waals surface area contributed by atoms with Crippen LogP contribution in [0, 0.1) is 5.41 Å². The van der Waals surface area contributed by atoms with Crippen LogP contribution < -0.4 is 5.32 Å². The van der Waals surface area contributed by atoms with Crippen molar-refractivity contribution in [2.24, 2.45) is 5.41 Å². The van der Waals surface area contributed by atoms with Gasteiger partial charge in [0.2, 0.25) is 5.91 Å². The maximum absolute atomic E-state index is 12.8. The van der Waals surface area contributed by atoms with E-state index in [1.165, 1.54) is 0 Å². The van der Waals surface area contributed by atoms with E-state index in [1.807, 2.05) is 33.0 Å². The maximum Gasteiger partial charge on any atom is 0.228 e. The van der Waals surface area contributed by atoms with Gasteiger partial charge >= 0.3 is 0 Å². The molecule has 0 spiro atoms. The molecular weight excluding hydrogens is 252 g/mol. The number of carbonyl (C=O) groups is 1. The SMILES string of the molecule is CC(c1ccccc1O)N(C)C(=O)C1(C)CCNCC1. The van der Waals surface area contributed by atoms with Crippen molar-refractivity contribution < 1.29 is 9.90 Å². The smallest absolute Gasteiger partial charge is 0.228 e. The molecule has 1 aliphatic heterocycles. The summed E-state index contributed by atoms with van der Waals surface area (Å²) in [5.41, 5.74) is 0.499. The van der Waals surface area contributed by atoms with Gasteiger partial charge in [-0.05, 0) is 38.9 Å². The predicted octanol–water partition coefficient (Wildman–Crippen LogP) is 2.30. The van der Waals surface area contributed by atoms with Gasteiger partial charge in [-0.25, -0.2) is 0 Å². The topological polar surface area (TPSA) is 52.6 Å². The number of hydrogen-bond acceptors (Lipinski definition) is 3. The highest BCUT2D eigenvalue weighted by atomic mass is 16.3. The summed E-state index contributed by atoms with van der Waals surface area (Å²) in [5, 5.41) is 13.2. The molecule has 0 aromatic heterocycles. The summed E-state index contributed by atoms with van der Waals surface area (Å²) >= 11 is 0. The van der Waals surface area contributed by atoms with Gasteiger partial charge in [0.05, 0.1) is 6.04 Å². The number of hydrogen-bond donors (Lipinski definition) is 2. The molecule has 20 heavy (non-hydrogen) atoms. The molecule has 1 saturated heterocycles. The van der Waals surface area contributed by atoms with E-state index in [1.54, 1.807) is 17.0 Å². The van der Waals surface area contributed by atoms with Gasteiger partial charge in [0, 0.05) is 18.0 Å². The molecule has 1 aromatic rings. The van der Waals surface area contributed by atoms with E-state index >= 15 is 0 Å². The van der Waals surface area contributed by atoms with Crippen molar-refractivity contribution in [2.45, 2.75) is 32.7 Å². The van der Waals surface area contributed by atoms with Gasteiger partial charge in [-0.15, -0.1) is 0 Å². The normalized spacial score (nSPS) is 19.4. The fourth-order valence-corrected chi connectivity index (χ4v) is 2.84. The Morgan fingerprint density at radius 1 is 1.35 bits per heavy atom. The lowest BCUT2D eigenvalue weighted by Crippen LogP contribution is -2.47. The second-order valence-corrected chi connectivity index (χ2v) is 5.96. The quantitative estimate of drug-likeness (QED) is 0.890. The molecule has 0 radical (unpaired) electrons. The van der Waals surface area contributed by atoms with Crippen LogP contribution in [-0.4, -0.2) is 36.1 Å². The second kappa shape index (κ2) is 5.83. The molecule has 2 rings (SSSR count). The van der Waals surface area contributed by atoms with Crippen LogP contribution in [0.25, 0.3) is 0 Å². The molecule has 1 heterocycles. The highest BCUT2D eigenvalue weighted by molar-refractivity contribution is 5.82. The summed E-state index contributed by atoms with van der Waals surface area (Å²) in [6, 6.07) is 7.08. The number of aromatic hydroxyl groups is 1. The minimum atomic E-state index is -0.293. The van der Waals surface area contributed by atoms with Crippen LogP contribution in [0.5, 0.6) is 5.75 Å². The van der Waals surface area contributed by atoms with Crippen molar-refractivity contribution in [1.82, 2.24) is 10.2 Å². The van der Waals surface area contributed by atoms with Crippen LogP contribution in [0.3, 0.4) is 0 Å². The van der Waals surface area contributed by atoms with Gasteiger partial charge in [-0.1, -0.05) is 25.1 Å². The molecule has 0 bridgehead atoms. The van der Waals surface area contributed by atoms with Crippen molar-refractivity contribution in [3.8, 4) is 5.75 Å². The minimum Gasteiger partial charge on any atom is -0.508 e. The van der Waals surface area contributed by atoms with E-state index in [2.05, 4.69) is 5.32 Å². The van der Waals surface area contributed by atoms with Crippen molar-refractivity contribution in [3.63, 3.8) is 0 Å². The number of phenolic OH excluding ortho intramolecular Hbond substituents is 1. The third kappa shape index (κ3) is 2.80. The zero-order valence-corrected chi connectivity index (χ0v) is 12.5. The molecule has 110 valence electrons. The summed E-state index contributed by atoms with van der Waals surface area (Å²) in [5.74, 6) is 0.407. The van der Waals surface area contributed by atoms with Gasteiger partial charge in [-0.2, -0.15) is 0 Å². The number of carbonyl (C=O) groups excluding carboxylic acids is 1. The number of rotatable bonds is 3. The first kappa shape index (κ1) is 14.9. The highest BCUT2D eigenvalue weighted by Crippen LogP contribution is 2.34. The number of nitrogens with zero attached hydrogens (tertiary/aromatic N) is 1. The standard InChI is InChI=1S/C16H24N2O2/c1-12(13-6-4-5-7-14(13)19)18(3)15(20)16(2)8-10-17-11-9-16/h4-7,12,17,19H,8-11H2,1-3H3. The lowest BCUT2D eigenvalue weighted by molar-refractivity contribution is -0.143. The summed E-state index contributed by atoms with van der Waals surface area (Å²) < 4.78 is 0. The zero-order chi connectivity index (χ0) is 14.8. The Labute approximate surface area is 120 Å². The molecule has 4 nitrogen and oxygen atoms in total. The molecule has 1 fully saturated rings. The van der Waals surface area contributed by atoms with Crippen molar-refractivity contribution in [1.29, 1.82) is 0 Å².